The molecule has 74 valence electrons. The van der Waals surface area contributed by atoms with Gasteiger partial charge in [-0.1, -0.05) is 25.5 Å². The molecule has 0 fully saturated rings. The van der Waals surface area contributed by atoms with Gasteiger partial charge in [-0.2, -0.15) is 0 Å². The quantitative estimate of drug-likeness (QED) is 0.588. The average molecular weight is 200 g/mol. The zero-order valence-electron chi connectivity index (χ0n) is 7.79. The Balaban J connectivity index is 0.00000144. The predicted octanol–water partition coefficient (Wildman–Crippen LogP) is 2.33. The third-order valence-corrected chi connectivity index (χ3v) is 1.99. The van der Waals surface area contributed by atoms with Gasteiger partial charge in [0.25, 0.3) is 0 Å². The first-order valence-corrected chi connectivity index (χ1v) is 4.70. The summed E-state index contributed by atoms with van der Waals surface area (Å²) >= 11 is 4.28. The van der Waals surface area contributed by atoms with E-state index in [-0.39, 0.29) is 5.48 Å². The summed E-state index contributed by atoms with van der Waals surface area (Å²) in [5.41, 5.74) is 0. The van der Waals surface area contributed by atoms with Crippen LogP contribution in [0.1, 0.15) is 19.8 Å². The molecule has 0 saturated heterocycles. The van der Waals surface area contributed by atoms with Crippen molar-refractivity contribution in [2.24, 2.45) is 0 Å². The second-order valence-electron chi connectivity index (χ2n) is 2.67. The van der Waals surface area contributed by atoms with E-state index in [1.54, 1.807) is 0 Å². The van der Waals surface area contributed by atoms with Crippen molar-refractivity contribution in [3.05, 3.63) is 24.3 Å². The molecule has 0 aliphatic heterocycles. The number of benzene rings is 1. The van der Waals surface area contributed by atoms with Crippen molar-refractivity contribution in [3.8, 4) is 5.75 Å². The molecule has 0 aromatic heterocycles. The van der Waals surface area contributed by atoms with Crippen LogP contribution in [0.2, 0.25) is 0 Å². The third kappa shape index (κ3) is 4.20. The zero-order chi connectivity index (χ0) is 8.81. The van der Waals surface area contributed by atoms with Crippen LogP contribution >= 0.6 is 12.6 Å². The van der Waals surface area contributed by atoms with Crippen molar-refractivity contribution < 1.29 is 10.2 Å². The van der Waals surface area contributed by atoms with Crippen LogP contribution in [0.4, 0.5) is 0 Å². The lowest BCUT2D eigenvalue weighted by atomic mass is 10.3. The first kappa shape index (κ1) is 12.3. The fourth-order valence-corrected chi connectivity index (χ4v) is 1.13. The molecule has 0 atom stereocenters. The molecule has 0 amide bonds. The molecule has 0 bridgehead atoms. The van der Waals surface area contributed by atoms with Crippen molar-refractivity contribution in [1.29, 1.82) is 0 Å². The minimum absolute atomic E-state index is 0. The van der Waals surface area contributed by atoms with E-state index < -0.39 is 0 Å². The highest BCUT2D eigenvalue weighted by Crippen LogP contribution is 2.21. The Hall–Kier alpha value is -0.670. The molecule has 1 aromatic carbocycles. The van der Waals surface area contributed by atoms with Crippen LogP contribution in [-0.4, -0.2) is 12.1 Å². The lowest BCUT2D eigenvalue weighted by Crippen LogP contribution is -1.96. The van der Waals surface area contributed by atoms with Crippen LogP contribution in [-0.2, 0) is 0 Å². The minimum Gasteiger partial charge on any atom is -0.492 e. The van der Waals surface area contributed by atoms with Gasteiger partial charge >= 0.3 is 0 Å². The summed E-state index contributed by atoms with van der Waals surface area (Å²) in [6.45, 7) is 2.93. The fourth-order valence-electron chi connectivity index (χ4n) is 0.906. The molecule has 0 unspecified atom stereocenters. The average Bonchev–Trinajstić information content (AvgIpc) is 2.09. The van der Waals surface area contributed by atoms with Crippen LogP contribution in [0.25, 0.3) is 0 Å². The molecule has 0 aliphatic carbocycles. The summed E-state index contributed by atoms with van der Waals surface area (Å²) in [4.78, 5) is 0.911. The Kier molecular flexibility index (Phi) is 6.45. The van der Waals surface area contributed by atoms with Gasteiger partial charge < -0.3 is 10.2 Å². The highest BCUT2D eigenvalue weighted by molar-refractivity contribution is 7.80. The maximum atomic E-state index is 5.50. The molecule has 1 rings (SSSR count). The van der Waals surface area contributed by atoms with Crippen molar-refractivity contribution >= 4 is 12.6 Å². The number of hydrogen-bond donors (Lipinski definition) is 1. The maximum absolute atomic E-state index is 5.50. The van der Waals surface area contributed by atoms with Crippen LogP contribution in [0.3, 0.4) is 0 Å². The summed E-state index contributed by atoms with van der Waals surface area (Å²) in [5, 5.41) is 0. The van der Waals surface area contributed by atoms with E-state index in [4.69, 9.17) is 4.74 Å². The monoisotopic (exact) mass is 200 g/mol. The number of thiol groups is 1. The van der Waals surface area contributed by atoms with E-state index in [2.05, 4.69) is 19.6 Å². The molecule has 1 aromatic rings. The van der Waals surface area contributed by atoms with Gasteiger partial charge in [-0.25, -0.2) is 0 Å². The lowest BCUT2D eigenvalue weighted by molar-refractivity contribution is 0.302. The highest BCUT2D eigenvalue weighted by Gasteiger charge is 1.96. The van der Waals surface area contributed by atoms with E-state index in [1.165, 1.54) is 0 Å². The third-order valence-electron chi connectivity index (χ3n) is 1.62. The standard InChI is InChI=1S/C10H14OS.H2O/c1-2-3-8-11-9-6-4-5-7-10(9)12;/h4-7,12H,2-3,8H2,1H3;1H2. The Bertz CT molecular complexity index is 238. The number of para-hydroxylation sites is 1. The van der Waals surface area contributed by atoms with Gasteiger partial charge in [-0.05, 0) is 18.6 Å². The second-order valence-corrected chi connectivity index (χ2v) is 3.15. The van der Waals surface area contributed by atoms with Crippen molar-refractivity contribution in [3.63, 3.8) is 0 Å². The summed E-state index contributed by atoms with van der Waals surface area (Å²) < 4.78 is 5.50. The van der Waals surface area contributed by atoms with Crippen LogP contribution in [0.15, 0.2) is 29.2 Å². The molecule has 0 aliphatic rings. The van der Waals surface area contributed by atoms with E-state index in [9.17, 15) is 0 Å². The molecule has 0 heterocycles. The van der Waals surface area contributed by atoms with Crippen LogP contribution in [0.5, 0.6) is 5.75 Å². The number of hydrogen-bond acceptors (Lipinski definition) is 2. The summed E-state index contributed by atoms with van der Waals surface area (Å²) in [5.74, 6) is 0.884. The molecular formula is C10H16O2S. The summed E-state index contributed by atoms with van der Waals surface area (Å²) in [6.07, 6.45) is 2.26. The molecule has 2 N–H and O–H groups in total. The topological polar surface area (TPSA) is 40.7 Å². The SMILES string of the molecule is CCCCOc1ccccc1S.O. The lowest BCUT2D eigenvalue weighted by Gasteiger charge is -2.06. The summed E-state index contributed by atoms with van der Waals surface area (Å²) in [7, 11) is 0. The van der Waals surface area contributed by atoms with Gasteiger partial charge in [0.1, 0.15) is 5.75 Å². The predicted molar refractivity (Wildman–Crippen MR) is 57.7 cm³/mol. The Labute approximate surface area is 84.6 Å². The molecule has 0 radical (unpaired) electrons. The van der Waals surface area contributed by atoms with Crippen LogP contribution in [0, 0.1) is 0 Å². The second kappa shape index (κ2) is 6.80. The minimum atomic E-state index is 0. The number of ether oxygens (including phenoxy) is 1. The van der Waals surface area contributed by atoms with Crippen molar-refractivity contribution in [1.82, 2.24) is 0 Å². The molecule has 2 nitrogen and oxygen atoms in total. The maximum Gasteiger partial charge on any atom is 0.132 e. The van der Waals surface area contributed by atoms with Gasteiger partial charge in [0.15, 0.2) is 0 Å². The van der Waals surface area contributed by atoms with E-state index in [1.807, 2.05) is 24.3 Å². The Morgan fingerprint density at radius 1 is 1.31 bits per heavy atom. The normalized spacial score (nSPS) is 9.08. The smallest absolute Gasteiger partial charge is 0.132 e. The highest BCUT2D eigenvalue weighted by atomic mass is 32.1. The number of unbranched alkanes of at least 4 members (excludes halogenated alkanes) is 1. The first-order chi connectivity index (χ1) is 5.84. The summed E-state index contributed by atoms with van der Waals surface area (Å²) in [6, 6.07) is 7.79. The van der Waals surface area contributed by atoms with Gasteiger partial charge in [0, 0.05) is 4.90 Å². The Morgan fingerprint density at radius 3 is 2.62 bits per heavy atom. The molecule has 13 heavy (non-hydrogen) atoms. The number of rotatable bonds is 4. The van der Waals surface area contributed by atoms with Gasteiger partial charge in [0.2, 0.25) is 0 Å². The van der Waals surface area contributed by atoms with Crippen molar-refractivity contribution in [2.45, 2.75) is 24.7 Å². The van der Waals surface area contributed by atoms with Gasteiger partial charge in [-0.15, -0.1) is 12.6 Å². The van der Waals surface area contributed by atoms with E-state index in [0.717, 1.165) is 30.1 Å². The van der Waals surface area contributed by atoms with Crippen LogP contribution < -0.4 is 4.74 Å². The molecule has 0 spiro atoms. The van der Waals surface area contributed by atoms with Gasteiger partial charge in [-0.3, -0.25) is 0 Å². The Morgan fingerprint density at radius 2 is 2.00 bits per heavy atom. The van der Waals surface area contributed by atoms with E-state index in [0.29, 0.717) is 0 Å². The largest absolute Gasteiger partial charge is 0.492 e. The fraction of sp³-hybridized carbons (Fsp3) is 0.400. The molecule has 0 saturated carbocycles. The zero-order valence-corrected chi connectivity index (χ0v) is 8.68. The van der Waals surface area contributed by atoms with Crippen molar-refractivity contribution in [2.75, 3.05) is 6.61 Å². The van der Waals surface area contributed by atoms with E-state index >= 15 is 0 Å². The van der Waals surface area contributed by atoms with Gasteiger partial charge in [0.05, 0.1) is 6.61 Å². The molecular weight excluding hydrogens is 184 g/mol. The molecule has 3 heteroatoms. The first-order valence-electron chi connectivity index (χ1n) is 4.25.